The highest BCUT2D eigenvalue weighted by Gasteiger charge is 2.19. The summed E-state index contributed by atoms with van der Waals surface area (Å²) in [6, 6.07) is 0. The van der Waals surface area contributed by atoms with Crippen LogP contribution in [0.1, 0.15) is 56.8 Å². The van der Waals surface area contributed by atoms with Crippen molar-refractivity contribution in [3.8, 4) is 0 Å². The molecule has 0 rings (SSSR count). The van der Waals surface area contributed by atoms with E-state index < -0.39 is 22.8 Å². The first kappa shape index (κ1) is 30.5. The van der Waals surface area contributed by atoms with E-state index in [-0.39, 0.29) is 8.85 Å². The molecule has 0 saturated carbocycles. The first-order valence-electron chi connectivity index (χ1n) is 5.90. The van der Waals surface area contributed by atoms with Gasteiger partial charge in [-0.3, -0.25) is 4.79 Å². The average molecular weight is 278 g/mol. The molecule has 0 amide bonds. The molecule has 19 heavy (non-hydrogen) atoms. The van der Waals surface area contributed by atoms with Gasteiger partial charge in [0.1, 0.15) is 5.41 Å². The summed E-state index contributed by atoms with van der Waals surface area (Å²) in [7, 11) is 0. The molecule has 0 aliphatic rings. The van der Waals surface area contributed by atoms with E-state index in [4.69, 9.17) is 5.11 Å². The summed E-state index contributed by atoms with van der Waals surface area (Å²) in [6.07, 6.45) is 0. The molecule has 0 unspecified atom stereocenters. The van der Waals surface area contributed by atoms with E-state index in [0.717, 1.165) is 0 Å². The van der Waals surface area contributed by atoms with Crippen molar-refractivity contribution >= 4 is 11.9 Å². The Morgan fingerprint density at radius 2 is 1.16 bits per heavy atom. The van der Waals surface area contributed by atoms with Crippen LogP contribution in [0.3, 0.4) is 0 Å². The number of carbonyl (C=O) groups excluding carboxylic acids is 1. The van der Waals surface area contributed by atoms with Gasteiger partial charge in [0.15, 0.2) is 0 Å². The summed E-state index contributed by atoms with van der Waals surface area (Å²) < 4.78 is 0. The molecule has 0 spiro atoms. The van der Waals surface area contributed by atoms with Crippen LogP contribution < -0.4 is 5.11 Å². The average Bonchev–Trinajstić information content (AvgIpc) is 2.21. The molecule has 4 heteroatoms. The highest BCUT2D eigenvalue weighted by Crippen LogP contribution is 2.11. The zero-order chi connectivity index (χ0) is 16.2. The van der Waals surface area contributed by atoms with Crippen molar-refractivity contribution in [2.24, 2.45) is 10.8 Å². The summed E-state index contributed by atoms with van der Waals surface area (Å²) in [5.41, 5.74) is -1.53. The zero-order valence-corrected chi connectivity index (χ0v) is 14.1. The van der Waals surface area contributed by atoms with Gasteiger partial charge in [-0.05, 0) is 34.6 Å². The van der Waals surface area contributed by atoms with E-state index >= 15 is 0 Å². The van der Waals surface area contributed by atoms with Crippen LogP contribution in [0.5, 0.6) is 0 Å². The molecular weight excluding hydrogens is 244 g/mol. The molecule has 116 valence electrons. The molecule has 0 aromatic heterocycles. The topological polar surface area (TPSA) is 77.4 Å². The third-order valence-corrected chi connectivity index (χ3v) is 1.19. The minimum Gasteiger partial charge on any atom is -0.545 e. The molecule has 4 nitrogen and oxygen atoms in total. The summed E-state index contributed by atoms with van der Waals surface area (Å²) in [5, 5.41) is 18.1. The molecule has 1 N–H and O–H groups in total. The van der Waals surface area contributed by atoms with E-state index in [1.165, 1.54) is 13.8 Å². The molecule has 0 aromatic carbocycles. The van der Waals surface area contributed by atoms with Gasteiger partial charge in [-0.25, -0.2) is 0 Å². The van der Waals surface area contributed by atoms with Gasteiger partial charge in [0, 0.05) is 8.85 Å². The number of rotatable bonds is 1. The second-order valence-corrected chi connectivity index (χ2v) is 4.73. The summed E-state index contributed by atoms with van der Waals surface area (Å²) in [4.78, 5) is 19.9. The Bertz CT molecular complexity index is 189. The molecule has 0 bridgehead atoms. The van der Waals surface area contributed by atoms with Crippen molar-refractivity contribution in [2.45, 2.75) is 55.4 Å². The fourth-order valence-electron chi connectivity index (χ4n) is 0. The van der Waals surface area contributed by atoms with E-state index in [1.807, 2.05) is 13.8 Å². The van der Waals surface area contributed by atoms with Gasteiger partial charge in [0.25, 0.3) is 0 Å². The van der Waals surface area contributed by atoms with E-state index in [0.29, 0.717) is 0 Å². The maximum absolute atomic E-state index is 10.0. The first-order chi connectivity index (χ1) is 7.89. The molecule has 0 radical (unpaired) electrons. The van der Waals surface area contributed by atoms with Gasteiger partial charge < -0.3 is 15.0 Å². The van der Waals surface area contributed by atoms with Gasteiger partial charge in [-0.15, -0.1) is 0 Å². The highest BCUT2D eigenvalue weighted by molar-refractivity contribution is 5.73. The standard InChI is InChI=1S/C5H10O2.C5H8O2.C2H6.C2H5.CH3.H2/c2*1-5(2,3)4(6)7;2*1-2;;/h1-3H3,(H,6,7);1H2,2-3H3;1-2H3;1H2,2H3;1H3;1H/q;;;2*+1;. The van der Waals surface area contributed by atoms with E-state index in [1.54, 1.807) is 27.7 Å². The second-order valence-electron chi connectivity index (χ2n) is 4.73. The fraction of sp³-hybridized carbons (Fsp3) is 0.667. The van der Waals surface area contributed by atoms with Gasteiger partial charge >= 0.3 is 5.97 Å². The zero-order valence-electron chi connectivity index (χ0n) is 14.1. The SMILES string of the molecule is CC.CC(C)(C)C(=O)O.[CH2+]C.[CH2+]C(C)(C)C(=O)[O-].[CH3+].[HH]. The number of hydrogen-bond acceptors (Lipinski definition) is 3. The predicted octanol–water partition coefficient (Wildman–Crippen LogP) is 3.28. The van der Waals surface area contributed by atoms with Crippen LogP contribution in [-0.2, 0) is 9.59 Å². The lowest BCUT2D eigenvalue weighted by Gasteiger charge is -2.10. The van der Waals surface area contributed by atoms with Crippen LogP contribution in [0.4, 0.5) is 0 Å². The first-order valence-corrected chi connectivity index (χ1v) is 5.90. The Morgan fingerprint density at radius 1 is 1.05 bits per heavy atom. The van der Waals surface area contributed by atoms with Crippen LogP contribution in [0.2, 0.25) is 0 Å². The molecule has 0 aliphatic carbocycles. The van der Waals surface area contributed by atoms with Gasteiger partial charge in [-0.1, -0.05) is 13.8 Å². The van der Waals surface area contributed by atoms with Crippen molar-refractivity contribution in [1.82, 2.24) is 0 Å². The Hall–Kier alpha value is -1.45. The van der Waals surface area contributed by atoms with Crippen LogP contribution >= 0.6 is 0 Å². The Balaban J connectivity index is -0.0000000362. The molecular formula is C15H34O4+2. The highest BCUT2D eigenvalue weighted by atomic mass is 16.4. The van der Waals surface area contributed by atoms with Crippen molar-refractivity contribution in [1.29, 1.82) is 0 Å². The van der Waals surface area contributed by atoms with Crippen LogP contribution in [0.15, 0.2) is 0 Å². The molecule has 0 aromatic rings. The van der Waals surface area contributed by atoms with Gasteiger partial charge in [0.2, 0.25) is 0 Å². The third-order valence-electron chi connectivity index (χ3n) is 1.19. The predicted molar refractivity (Wildman–Crippen MR) is 82.1 cm³/mol. The number of carboxylic acids is 2. The lowest BCUT2D eigenvalue weighted by atomic mass is 9.98. The molecule has 0 saturated heterocycles. The minimum atomic E-state index is -1.12. The Kier molecular flexibility index (Phi) is 23.5. The molecule has 0 atom stereocenters. The summed E-state index contributed by atoms with van der Waals surface area (Å²) in [5.74, 6) is -1.87. The molecule has 0 fully saturated rings. The van der Waals surface area contributed by atoms with Crippen molar-refractivity contribution in [3.05, 3.63) is 21.3 Å². The Labute approximate surface area is 121 Å². The number of carbonyl (C=O) groups is 2. The quantitative estimate of drug-likeness (QED) is 0.747. The Morgan fingerprint density at radius 3 is 1.16 bits per heavy atom. The normalized spacial score (nSPS) is 8.84. The van der Waals surface area contributed by atoms with Crippen molar-refractivity contribution < 1.29 is 21.2 Å². The van der Waals surface area contributed by atoms with Crippen LogP contribution in [0, 0.1) is 32.1 Å². The maximum atomic E-state index is 10.0. The van der Waals surface area contributed by atoms with Crippen molar-refractivity contribution in [3.63, 3.8) is 0 Å². The lowest BCUT2D eigenvalue weighted by Crippen LogP contribution is -2.35. The van der Waals surface area contributed by atoms with Gasteiger partial charge in [0.05, 0.1) is 32.2 Å². The maximum Gasteiger partial charge on any atom is 0.308 e. The van der Waals surface area contributed by atoms with E-state index in [9.17, 15) is 14.7 Å². The monoisotopic (exact) mass is 278 g/mol. The fourth-order valence-corrected chi connectivity index (χ4v) is 0. The summed E-state index contributed by atoms with van der Waals surface area (Å²) in [6.45, 7) is 20.3. The second kappa shape index (κ2) is 14.6. The smallest absolute Gasteiger partial charge is 0.308 e. The molecule has 0 heterocycles. The van der Waals surface area contributed by atoms with Crippen molar-refractivity contribution in [2.75, 3.05) is 0 Å². The van der Waals surface area contributed by atoms with Crippen LogP contribution in [-0.4, -0.2) is 17.0 Å². The number of aliphatic carboxylic acids is 2. The third kappa shape index (κ3) is 31.5. The number of carboxylic acid groups (broad SMARTS) is 2. The van der Waals surface area contributed by atoms with Gasteiger partial charge in [-0.2, -0.15) is 0 Å². The largest absolute Gasteiger partial charge is 0.545 e. The number of hydrogen-bond donors (Lipinski definition) is 1. The summed E-state index contributed by atoms with van der Waals surface area (Å²) >= 11 is 0. The van der Waals surface area contributed by atoms with Crippen LogP contribution in [0.25, 0.3) is 0 Å². The lowest BCUT2D eigenvalue weighted by molar-refractivity contribution is -0.315. The minimum absolute atomic E-state index is 0. The van der Waals surface area contributed by atoms with E-state index in [2.05, 4.69) is 13.8 Å². The molecule has 0 aliphatic heterocycles.